The van der Waals surface area contributed by atoms with Crippen LogP contribution in [0.3, 0.4) is 0 Å². The Morgan fingerprint density at radius 2 is 2.29 bits per heavy atom. The molecule has 0 atom stereocenters. The predicted molar refractivity (Wildman–Crippen MR) is 27.3 cm³/mol. The fraction of sp³-hybridized carbons (Fsp3) is 0.667. The zero-order valence-electron chi connectivity index (χ0n) is 4.42. The first-order valence-corrected chi connectivity index (χ1v) is 1.84. The van der Waals surface area contributed by atoms with E-state index >= 15 is 0 Å². The zero-order valence-corrected chi connectivity index (χ0v) is 4.42. The average molecular weight is 100 g/mol. The molecular formula is C3H8N4. The van der Waals surface area contributed by atoms with Gasteiger partial charge in [-0.05, 0) is 0 Å². The molecule has 4 nitrogen and oxygen atoms in total. The van der Waals surface area contributed by atoms with Gasteiger partial charge >= 0.3 is 0 Å². The second-order valence-corrected chi connectivity index (χ2v) is 0.992. The van der Waals surface area contributed by atoms with E-state index in [0.717, 1.165) is 6.34 Å². The lowest BCUT2D eigenvalue weighted by Gasteiger charge is -1.97. The normalized spacial score (nSPS) is 9.43. The van der Waals surface area contributed by atoms with Crippen LogP contribution in [0.1, 0.15) is 0 Å². The van der Waals surface area contributed by atoms with Gasteiger partial charge in [-0.3, -0.25) is 5.41 Å². The van der Waals surface area contributed by atoms with Crippen LogP contribution in [0.4, 0.5) is 0 Å². The van der Waals surface area contributed by atoms with Crippen molar-refractivity contribution in [3.05, 3.63) is 0 Å². The van der Waals surface area contributed by atoms with Gasteiger partial charge in [0.05, 0.1) is 7.05 Å². The number of nitrogens with one attached hydrogen (secondary N) is 1. The molecule has 0 saturated heterocycles. The SMILES string of the molecule is CN=NN(C)C=N. The molecular weight excluding hydrogens is 92.1 g/mol. The monoisotopic (exact) mass is 100 g/mol. The molecule has 0 rings (SSSR count). The molecule has 0 aromatic heterocycles. The van der Waals surface area contributed by atoms with Gasteiger partial charge in [-0.2, -0.15) is 5.11 Å². The van der Waals surface area contributed by atoms with Gasteiger partial charge in [0.15, 0.2) is 0 Å². The van der Waals surface area contributed by atoms with E-state index in [9.17, 15) is 0 Å². The molecule has 4 heteroatoms. The van der Waals surface area contributed by atoms with Crippen molar-refractivity contribution >= 4 is 6.34 Å². The summed E-state index contributed by atoms with van der Waals surface area (Å²) in [5.74, 6) is 0. The Bertz CT molecular complexity index is 77.0. The first-order valence-electron chi connectivity index (χ1n) is 1.84. The van der Waals surface area contributed by atoms with E-state index in [1.165, 1.54) is 5.01 Å². The maximum Gasteiger partial charge on any atom is 0.104 e. The first kappa shape index (κ1) is 6.07. The lowest BCUT2D eigenvalue weighted by atomic mass is 11.1. The average Bonchev–Trinajstić information content (AvgIpc) is 1.68. The van der Waals surface area contributed by atoms with E-state index in [1.54, 1.807) is 14.1 Å². The van der Waals surface area contributed by atoms with Crippen LogP contribution in [0.5, 0.6) is 0 Å². The van der Waals surface area contributed by atoms with E-state index in [0.29, 0.717) is 0 Å². The summed E-state index contributed by atoms with van der Waals surface area (Å²) in [4.78, 5) is 0. The lowest BCUT2D eigenvalue weighted by molar-refractivity contribution is 0.514. The molecule has 1 N–H and O–H groups in total. The van der Waals surface area contributed by atoms with Gasteiger partial charge in [0, 0.05) is 7.05 Å². The molecule has 0 amide bonds. The van der Waals surface area contributed by atoms with Crippen LogP contribution in [-0.4, -0.2) is 25.4 Å². The van der Waals surface area contributed by atoms with Crippen LogP contribution in [0.2, 0.25) is 0 Å². The van der Waals surface area contributed by atoms with Crippen molar-refractivity contribution in [2.45, 2.75) is 0 Å². The highest BCUT2D eigenvalue weighted by atomic mass is 15.5. The van der Waals surface area contributed by atoms with Crippen LogP contribution < -0.4 is 0 Å². The maximum atomic E-state index is 6.56. The second-order valence-electron chi connectivity index (χ2n) is 0.992. The van der Waals surface area contributed by atoms with Gasteiger partial charge in [0.2, 0.25) is 0 Å². The molecule has 0 bridgehead atoms. The highest BCUT2D eigenvalue weighted by Crippen LogP contribution is 1.73. The highest BCUT2D eigenvalue weighted by molar-refractivity contribution is 5.48. The third-order valence-corrected chi connectivity index (χ3v) is 0.417. The summed E-state index contributed by atoms with van der Waals surface area (Å²) in [6.45, 7) is 0. The minimum atomic E-state index is 1.08. The van der Waals surface area contributed by atoms with E-state index in [-0.39, 0.29) is 0 Å². The van der Waals surface area contributed by atoms with Gasteiger partial charge in [-0.1, -0.05) is 5.22 Å². The Balaban J connectivity index is 3.35. The number of hydrogen-bond acceptors (Lipinski definition) is 3. The van der Waals surface area contributed by atoms with Crippen LogP contribution >= 0.6 is 0 Å². The van der Waals surface area contributed by atoms with E-state index < -0.39 is 0 Å². The van der Waals surface area contributed by atoms with Gasteiger partial charge in [-0.25, -0.2) is 5.01 Å². The summed E-state index contributed by atoms with van der Waals surface area (Å²) in [5, 5.41) is 14.7. The fourth-order valence-corrected chi connectivity index (χ4v) is 0.167. The Labute approximate surface area is 42.3 Å². The molecule has 0 spiro atoms. The molecule has 7 heavy (non-hydrogen) atoms. The topological polar surface area (TPSA) is 51.8 Å². The third kappa shape index (κ3) is 2.88. The summed E-state index contributed by atoms with van der Waals surface area (Å²) in [6, 6.07) is 0. The van der Waals surface area contributed by atoms with Gasteiger partial charge in [0.25, 0.3) is 0 Å². The van der Waals surface area contributed by atoms with Crippen molar-refractivity contribution in [1.82, 2.24) is 5.01 Å². The molecule has 0 aromatic rings. The van der Waals surface area contributed by atoms with Gasteiger partial charge < -0.3 is 0 Å². The number of hydrogen-bond donors (Lipinski definition) is 1. The van der Waals surface area contributed by atoms with E-state index in [2.05, 4.69) is 10.3 Å². The summed E-state index contributed by atoms with van der Waals surface area (Å²) in [7, 11) is 3.19. The fourth-order valence-electron chi connectivity index (χ4n) is 0.167. The molecule has 0 saturated carbocycles. The van der Waals surface area contributed by atoms with Crippen molar-refractivity contribution in [3.8, 4) is 0 Å². The summed E-state index contributed by atoms with van der Waals surface area (Å²) in [5.41, 5.74) is 0. The minimum Gasteiger partial charge on any atom is -0.290 e. The summed E-state index contributed by atoms with van der Waals surface area (Å²) < 4.78 is 0. The standard InChI is InChI=1S/C3H8N4/c1-5-6-7(2)3-4/h3-4H,1-2H3. The molecule has 0 unspecified atom stereocenters. The number of nitrogens with zero attached hydrogens (tertiary/aromatic N) is 3. The highest BCUT2D eigenvalue weighted by Gasteiger charge is 1.75. The first-order chi connectivity index (χ1) is 3.31. The molecule has 0 heterocycles. The van der Waals surface area contributed by atoms with Crippen LogP contribution in [0.15, 0.2) is 10.3 Å². The van der Waals surface area contributed by atoms with Crippen molar-refractivity contribution in [2.75, 3.05) is 14.1 Å². The molecule has 0 aliphatic rings. The molecule has 0 aliphatic heterocycles. The molecule has 0 fully saturated rings. The van der Waals surface area contributed by atoms with E-state index in [4.69, 9.17) is 5.41 Å². The summed E-state index contributed by atoms with van der Waals surface area (Å²) in [6.07, 6.45) is 1.08. The molecule has 0 radical (unpaired) electrons. The largest absolute Gasteiger partial charge is 0.290 e. The molecule has 0 aromatic carbocycles. The molecule has 40 valence electrons. The van der Waals surface area contributed by atoms with Crippen molar-refractivity contribution in [1.29, 1.82) is 5.41 Å². The van der Waals surface area contributed by atoms with Gasteiger partial charge in [-0.15, -0.1) is 0 Å². The summed E-state index contributed by atoms with van der Waals surface area (Å²) >= 11 is 0. The van der Waals surface area contributed by atoms with E-state index in [1.807, 2.05) is 0 Å². The Kier molecular flexibility index (Phi) is 2.83. The smallest absolute Gasteiger partial charge is 0.104 e. The Morgan fingerprint density at radius 1 is 1.71 bits per heavy atom. The Morgan fingerprint density at radius 3 is 2.43 bits per heavy atom. The maximum absolute atomic E-state index is 6.56. The quantitative estimate of drug-likeness (QED) is 0.234. The molecule has 0 aliphatic carbocycles. The minimum absolute atomic E-state index is 1.08. The Hall–Kier alpha value is -0.930. The van der Waals surface area contributed by atoms with Crippen LogP contribution in [0.25, 0.3) is 0 Å². The van der Waals surface area contributed by atoms with Crippen molar-refractivity contribution in [2.24, 2.45) is 10.3 Å². The zero-order chi connectivity index (χ0) is 5.70. The van der Waals surface area contributed by atoms with Gasteiger partial charge in [0.1, 0.15) is 6.34 Å². The van der Waals surface area contributed by atoms with Crippen molar-refractivity contribution < 1.29 is 0 Å². The lowest BCUT2D eigenvalue weighted by Crippen LogP contribution is -2.04. The second kappa shape index (κ2) is 3.27. The van der Waals surface area contributed by atoms with Crippen LogP contribution in [0, 0.1) is 5.41 Å². The predicted octanol–water partition coefficient (Wildman–Crippen LogP) is 0.522. The number of rotatable bonds is 2. The van der Waals surface area contributed by atoms with Crippen molar-refractivity contribution in [3.63, 3.8) is 0 Å². The van der Waals surface area contributed by atoms with Crippen LogP contribution in [-0.2, 0) is 0 Å². The third-order valence-electron chi connectivity index (χ3n) is 0.417.